The minimum Gasteiger partial charge on any atom is -0.314 e. The van der Waals surface area contributed by atoms with Crippen molar-refractivity contribution >= 4 is 28.4 Å². The van der Waals surface area contributed by atoms with Crippen LogP contribution in [0.3, 0.4) is 0 Å². The second kappa shape index (κ2) is 9.40. The number of thiocarbonyl (C=S) groups is 1. The van der Waals surface area contributed by atoms with Crippen LogP contribution in [0.25, 0.3) is 0 Å². The van der Waals surface area contributed by atoms with Crippen LogP contribution in [-0.2, 0) is 0 Å². The van der Waals surface area contributed by atoms with Gasteiger partial charge in [-0.05, 0) is 24.8 Å². The molecule has 94 valence electrons. The molecule has 0 spiro atoms. The number of hydrogen-bond acceptors (Lipinski definition) is 4. The van der Waals surface area contributed by atoms with Gasteiger partial charge in [0.1, 0.15) is 0 Å². The first-order valence-corrected chi connectivity index (χ1v) is 7.67. The Bertz CT molecular complexity index is 191. The van der Waals surface area contributed by atoms with Gasteiger partial charge in [-0.2, -0.15) is 0 Å². The number of hydrogen-bond donors (Lipinski definition) is 1. The summed E-state index contributed by atoms with van der Waals surface area (Å²) in [5.74, 6) is 0. The van der Waals surface area contributed by atoms with Crippen molar-refractivity contribution in [2.75, 3.05) is 26.2 Å². The van der Waals surface area contributed by atoms with Crippen LogP contribution in [0.4, 0.5) is 0 Å². The summed E-state index contributed by atoms with van der Waals surface area (Å²) in [5.41, 5.74) is 0. The van der Waals surface area contributed by atoms with E-state index in [0.717, 1.165) is 32.6 Å². The molecule has 4 heteroatoms. The van der Waals surface area contributed by atoms with Crippen molar-refractivity contribution in [3.8, 4) is 0 Å². The van der Waals surface area contributed by atoms with E-state index >= 15 is 0 Å². The highest BCUT2D eigenvalue weighted by molar-refractivity contribution is 8.21. The summed E-state index contributed by atoms with van der Waals surface area (Å²) >= 11 is 7.22. The van der Waals surface area contributed by atoms with Crippen LogP contribution in [0.1, 0.15) is 45.4 Å². The van der Waals surface area contributed by atoms with Crippen LogP contribution in [-0.4, -0.2) is 34.7 Å². The zero-order valence-corrected chi connectivity index (χ0v) is 12.0. The first-order valence-electron chi connectivity index (χ1n) is 6.49. The lowest BCUT2D eigenvalue weighted by Gasteiger charge is -2.25. The first-order chi connectivity index (χ1) is 7.83. The van der Waals surface area contributed by atoms with Crippen molar-refractivity contribution in [2.45, 2.75) is 45.4 Å². The molecule has 0 aliphatic carbocycles. The van der Waals surface area contributed by atoms with Crippen molar-refractivity contribution in [1.29, 1.82) is 0 Å². The summed E-state index contributed by atoms with van der Waals surface area (Å²) in [6, 6.07) is 0. The molecule has 0 radical (unpaired) electrons. The Morgan fingerprint density at radius 1 is 1.19 bits per heavy atom. The SMILES string of the molecule is CCCCCCCC(=S)SN1CCNCC1. The lowest BCUT2D eigenvalue weighted by molar-refractivity contribution is 0.399. The van der Waals surface area contributed by atoms with Crippen LogP contribution in [0.5, 0.6) is 0 Å². The molecule has 0 saturated carbocycles. The number of unbranched alkanes of at least 4 members (excludes halogenated alkanes) is 4. The molecule has 1 aliphatic rings. The first kappa shape index (κ1) is 14.4. The van der Waals surface area contributed by atoms with Crippen LogP contribution < -0.4 is 5.32 Å². The molecule has 0 amide bonds. The molecule has 1 rings (SSSR count). The van der Waals surface area contributed by atoms with E-state index in [-0.39, 0.29) is 0 Å². The monoisotopic (exact) mass is 260 g/mol. The van der Waals surface area contributed by atoms with Crippen molar-refractivity contribution < 1.29 is 0 Å². The Labute approximate surface area is 110 Å². The summed E-state index contributed by atoms with van der Waals surface area (Å²) in [5, 5.41) is 3.36. The third-order valence-corrected chi connectivity index (χ3v) is 4.25. The molecule has 1 N–H and O–H groups in total. The zero-order valence-electron chi connectivity index (χ0n) is 10.3. The molecule has 0 aromatic heterocycles. The number of nitrogens with zero attached hydrogens (tertiary/aromatic N) is 1. The number of piperazine rings is 1. The van der Waals surface area contributed by atoms with Gasteiger partial charge >= 0.3 is 0 Å². The molecule has 0 aromatic carbocycles. The molecular weight excluding hydrogens is 236 g/mol. The fraction of sp³-hybridized carbons (Fsp3) is 0.917. The summed E-state index contributed by atoms with van der Waals surface area (Å²) in [6.45, 7) is 6.71. The molecule has 16 heavy (non-hydrogen) atoms. The van der Waals surface area contributed by atoms with Gasteiger partial charge in [0.05, 0.1) is 4.20 Å². The van der Waals surface area contributed by atoms with Crippen molar-refractivity contribution in [3.63, 3.8) is 0 Å². The maximum Gasteiger partial charge on any atom is 0.0634 e. The van der Waals surface area contributed by atoms with E-state index < -0.39 is 0 Å². The lowest BCUT2D eigenvalue weighted by atomic mass is 10.1. The summed E-state index contributed by atoms with van der Waals surface area (Å²) < 4.78 is 3.57. The molecule has 0 bridgehead atoms. The predicted octanol–water partition coefficient (Wildman–Crippen LogP) is 3.23. The topological polar surface area (TPSA) is 15.3 Å². The standard InChI is InChI=1S/C12H24N2S2/c1-2-3-4-5-6-7-12(15)16-14-10-8-13-9-11-14/h13H,2-11H2,1H3. The zero-order chi connectivity index (χ0) is 11.6. The molecule has 1 fully saturated rings. The van der Waals surface area contributed by atoms with E-state index in [0.29, 0.717) is 0 Å². The van der Waals surface area contributed by atoms with Crippen LogP contribution in [0.2, 0.25) is 0 Å². The van der Waals surface area contributed by atoms with E-state index in [2.05, 4.69) is 16.5 Å². The van der Waals surface area contributed by atoms with Crippen molar-refractivity contribution in [3.05, 3.63) is 0 Å². The van der Waals surface area contributed by atoms with E-state index in [1.165, 1.54) is 36.3 Å². The van der Waals surface area contributed by atoms with Gasteiger partial charge in [0, 0.05) is 26.2 Å². The number of nitrogens with one attached hydrogen (secondary N) is 1. The normalized spacial score (nSPS) is 17.6. The van der Waals surface area contributed by atoms with Gasteiger partial charge in [-0.15, -0.1) is 0 Å². The minimum atomic E-state index is 1.10. The van der Waals surface area contributed by atoms with Crippen molar-refractivity contribution in [2.24, 2.45) is 0 Å². The van der Waals surface area contributed by atoms with E-state index in [1.54, 1.807) is 0 Å². The largest absolute Gasteiger partial charge is 0.314 e. The van der Waals surface area contributed by atoms with Crippen LogP contribution in [0, 0.1) is 0 Å². The molecule has 0 unspecified atom stereocenters. The quantitative estimate of drug-likeness (QED) is 0.429. The Morgan fingerprint density at radius 2 is 1.88 bits per heavy atom. The highest BCUT2D eigenvalue weighted by Crippen LogP contribution is 2.17. The average Bonchev–Trinajstić information content (AvgIpc) is 2.30. The van der Waals surface area contributed by atoms with Gasteiger partial charge in [-0.1, -0.05) is 44.8 Å². The average molecular weight is 260 g/mol. The van der Waals surface area contributed by atoms with Gasteiger partial charge in [-0.3, -0.25) is 0 Å². The van der Waals surface area contributed by atoms with Gasteiger partial charge in [0.2, 0.25) is 0 Å². The molecule has 0 aromatic rings. The van der Waals surface area contributed by atoms with Gasteiger partial charge in [0.25, 0.3) is 0 Å². The van der Waals surface area contributed by atoms with Crippen molar-refractivity contribution in [1.82, 2.24) is 9.62 Å². The second-order valence-corrected chi connectivity index (χ2v) is 6.25. The highest BCUT2D eigenvalue weighted by atomic mass is 32.2. The highest BCUT2D eigenvalue weighted by Gasteiger charge is 2.11. The Hall–Kier alpha value is 0.360. The molecule has 1 saturated heterocycles. The fourth-order valence-electron chi connectivity index (χ4n) is 1.80. The van der Waals surface area contributed by atoms with Crippen LogP contribution >= 0.6 is 24.2 Å². The third kappa shape index (κ3) is 6.84. The lowest BCUT2D eigenvalue weighted by Crippen LogP contribution is -2.40. The maximum atomic E-state index is 5.41. The Balaban J connectivity index is 1.97. The summed E-state index contributed by atoms with van der Waals surface area (Å²) in [7, 11) is 0. The summed E-state index contributed by atoms with van der Waals surface area (Å²) in [4.78, 5) is 0. The maximum absolute atomic E-state index is 5.41. The van der Waals surface area contributed by atoms with Crippen LogP contribution in [0.15, 0.2) is 0 Å². The van der Waals surface area contributed by atoms with E-state index in [1.807, 2.05) is 11.9 Å². The summed E-state index contributed by atoms with van der Waals surface area (Å²) in [6.07, 6.45) is 7.80. The van der Waals surface area contributed by atoms with Gasteiger partial charge in [-0.25, -0.2) is 4.31 Å². The molecule has 2 nitrogen and oxygen atoms in total. The molecule has 1 aliphatic heterocycles. The minimum absolute atomic E-state index is 1.10. The Morgan fingerprint density at radius 3 is 2.56 bits per heavy atom. The fourth-order valence-corrected chi connectivity index (χ4v) is 3.15. The molecular formula is C12H24N2S2. The molecule has 1 heterocycles. The Kier molecular flexibility index (Phi) is 8.47. The smallest absolute Gasteiger partial charge is 0.0634 e. The van der Waals surface area contributed by atoms with Gasteiger partial charge in [0.15, 0.2) is 0 Å². The van der Waals surface area contributed by atoms with E-state index in [9.17, 15) is 0 Å². The van der Waals surface area contributed by atoms with E-state index in [4.69, 9.17) is 12.2 Å². The molecule has 0 atom stereocenters. The predicted molar refractivity (Wildman–Crippen MR) is 78.0 cm³/mol. The van der Waals surface area contributed by atoms with Gasteiger partial charge < -0.3 is 5.32 Å². The second-order valence-electron chi connectivity index (χ2n) is 4.31. The third-order valence-electron chi connectivity index (χ3n) is 2.79. The number of rotatable bonds is 7.